The minimum absolute atomic E-state index is 0.161. The molecule has 96 valence electrons. The number of hydrogen-bond acceptors (Lipinski definition) is 3. The molecule has 3 atom stereocenters. The van der Waals surface area contributed by atoms with E-state index in [-0.39, 0.29) is 6.04 Å². The largest absolute Gasteiger partial charge is 0.486 e. The second-order valence-electron chi connectivity index (χ2n) is 5.92. The highest BCUT2D eigenvalue weighted by atomic mass is 16.6. The van der Waals surface area contributed by atoms with E-state index in [4.69, 9.17) is 15.2 Å². The predicted octanol–water partition coefficient (Wildman–Crippen LogP) is 2.50. The molecule has 1 heterocycles. The molecule has 0 saturated heterocycles. The third-order valence-electron chi connectivity index (χ3n) is 4.74. The lowest BCUT2D eigenvalue weighted by molar-refractivity contribution is 0.171. The molecule has 4 rings (SSSR count). The van der Waals surface area contributed by atoms with Gasteiger partial charge in [-0.3, -0.25) is 0 Å². The number of ether oxygens (including phenoxy) is 2. The van der Waals surface area contributed by atoms with Gasteiger partial charge in [-0.25, -0.2) is 0 Å². The molecule has 2 aliphatic carbocycles. The van der Waals surface area contributed by atoms with E-state index in [1.54, 1.807) is 0 Å². The lowest BCUT2D eigenvalue weighted by Crippen LogP contribution is -2.21. The molecule has 3 unspecified atom stereocenters. The zero-order chi connectivity index (χ0) is 12.1. The average molecular weight is 245 g/mol. The van der Waals surface area contributed by atoms with Crippen LogP contribution in [0.3, 0.4) is 0 Å². The molecule has 18 heavy (non-hydrogen) atoms. The van der Waals surface area contributed by atoms with Gasteiger partial charge in [0, 0.05) is 6.04 Å². The minimum Gasteiger partial charge on any atom is -0.486 e. The lowest BCUT2D eigenvalue weighted by atomic mass is 9.90. The van der Waals surface area contributed by atoms with Crippen LogP contribution in [0.15, 0.2) is 18.2 Å². The van der Waals surface area contributed by atoms with Crippen molar-refractivity contribution in [1.82, 2.24) is 0 Å². The van der Waals surface area contributed by atoms with Crippen LogP contribution in [0.5, 0.6) is 11.5 Å². The molecule has 3 aliphatic rings. The van der Waals surface area contributed by atoms with Gasteiger partial charge < -0.3 is 15.2 Å². The van der Waals surface area contributed by atoms with Crippen molar-refractivity contribution < 1.29 is 9.47 Å². The minimum atomic E-state index is 0.161. The fourth-order valence-electron chi connectivity index (χ4n) is 3.59. The average Bonchev–Trinajstić information content (AvgIpc) is 3.04. The van der Waals surface area contributed by atoms with Crippen molar-refractivity contribution in [2.45, 2.75) is 25.3 Å². The van der Waals surface area contributed by atoms with Gasteiger partial charge in [0.15, 0.2) is 11.5 Å². The lowest BCUT2D eigenvalue weighted by Gasteiger charge is -2.24. The van der Waals surface area contributed by atoms with Crippen molar-refractivity contribution in [2.75, 3.05) is 13.2 Å². The Hall–Kier alpha value is -1.22. The summed E-state index contributed by atoms with van der Waals surface area (Å²) < 4.78 is 11.2. The van der Waals surface area contributed by atoms with Crippen molar-refractivity contribution in [1.29, 1.82) is 0 Å². The summed E-state index contributed by atoms with van der Waals surface area (Å²) in [5.41, 5.74) is 7.62. The number of fused-ring (bicyclic) bond motifs is 2. The molecule has 0 aromatic heterocycles. The molecule has 2 N–H and O–H groups in total. The van der Waals surface area contributed by atoms with Gasteiger partial charge in [-0.05, 0) is 54.7 Å². The Labute approximate surface area is 107 Å². The van der Waals surface area contributed by atoms with Gasteiger partial charge in [0.1, 0.15) is 13.2 Å². The number of hydrogen-bond donors (Lipinski definition) is 1. The summed E-state index contributed by atoms with van der Waals surface area (Å²) in [6, 6.07) is 6.33. The first kappa shape index (κ1) is 10.7. The van der Waals surface area contributed by atoms with E-state index in [2.05, 4.69) is 12.1 Å². The molecule has 3 heteroatoms. The Morgan fingerprint density at radius 1 is 1.00 bits per heavy atom. The maximum absolute atomic E-state index is 6.42. The van der Waals surface area contributed by atoms with Crippen molar-refractivity contribution in [3.8, 4) is 11.5 Å². The molecule has 2 saturated carbocycles. The van der Waals surface area contributed by atoms with Gasteiger partial charge in [-0.2, -0.15) is 0 Å². The standard InChI is InChI=1S/C15H19NO2/c16-15(12-6-10-5-11(10)7-12)9-1-2-13-14(8-9)18-4-3-17-13/h1-2,8,10-12,15H,3-7,16H2. The highest BCUT2D eigenvalue weighted by Crippen LogP contribution is 2.56. The van der Waals surface area contributed by atoms with Crippen LogP contribution in [0, 0.1) is 17.8 Å². The molecule has 1 aromatic carbocycles. The van der Waals surface area contributed by atoms with Crippen molar-refractivity contribution in [2.24, 2.45) is 23.5 Å². The summed E-state index contributed by atoms with van der Waals surface area (Å²) in [7, 11) is 0. The molecule has 0 amide bonds. The molecule has 0 bridgehead atoms. The molecule has 3 nitrogen and oxygen atoms in total. The van der Waals surface area contributed by atoms with Crippen molar-refractivity contribution >= 4 is 0 Å². The van der Waals surface area contributed by atoms with Crippen LogP contribution in [-0.4, -0.2) is 13.2 Å². The van der Waals surface area contributed by atoms with Gasteiger partial charge >= 0.3 is 0 Å². The molecular weight excluding hydrogens is 226 g/mol. The number of nitrogens with two attached hydrogens (primary N) is 1. The van der Waals surface area contributed by atoms with Crippen LogP contribution in [0.25, 0.3) is 0 Å². The zero-order valence-electron chi connectivity index (χ0n) is 10.5. The van der Waals surface area contributed by atoms with Gasteiger partial charge in [0.2, 0.25) is 0 Å². The highest BCUT2D eigenvalue weighted by molar-refractivity contribution is 5.44. The summed E-state index contributed by atoms with van der Waals surface area (Å²) in [5.74, 6) is 4.34. The van der Waals surface area contributed by atoms with Crippen molar-refractivity contribution in [3.05, 3.63) is 23.8 Å². The van der Waals surface area contributed by atoms with Gasteiger partial charge in [-0.1, -0.05) is 6.07 Å². The van der Waals surface area contributed by atoms with E-state index in [1.165, 1.54) is 24.8 Å². The van der Waals surface area contributed by atoms with Gasteiger partial charge in [0.05, 0.1) is 0 Å². The third kappa shape index (κ3) is 1.69. The topological polar surface area (TPSA) is 44.5 Å². The maximum atomic E-state index is 6.42. The Bertz CT molecular complexity index is 464. The SMILES string of the molecule is NC(c1ccc2c(c1)OCCO2)C1CC2CC2C1. The first-order valence-electron chi connectivity index (χ1n) is 6.96. The van der Waals surface area contributed by atoms with E-state index in [1.807, 2.05) is 6.07 Å². The van der Waals surface area contributed by atoms with E-state index in [0.717, 1.165) is 23.3 Å². The molecular formula is C15H19NO2. The number of rotatable bonds is 2. The quantitative estimate of drug-likeness (QED) is 0.870. The zero-order valence-corrected chi connectivity index (χ0v) is 10.5. The summed E-state index contributed by atoms with van der Waals surface area (Å²) in [6.07, 6.45) is 4.09. The van der Waals surface area contributed by atoms with Gasteiger partial charge in [0.25, 0.3) is 0 Å². The van der Waals surface area contributed by atoms with Crippen LogP contribution >= 0.6 is 0 Å². The van der Waals surface area contributed by atoms with Crippen LogP contribution in [-0.2, 0) is 0 Å². The monoisotopic (exact) mass is 245 g/mol. The Morgan fingerprint density at radius 2 is 1.72 bits per heavy atom. The van der Waals surface area contributed by atoms with Crippen LogP contribution < -0.4 is 15.2 Å². The maximum Gasteiger partial charge on any atom is 0.161 e. The van der Waals surface area contributed by atoms with E-state index in [0.29, 0.717) is 19.1 Å². The fraction of sp³-hybridized carbons (Fsp3) is 0.600. The van der Waals surface area contributed by atoms with Crippen LogP contribution in [0.1, 0.15) is 30.9 Å². The molecule has 1 aromatic rings. The normalized spacial score (nSPS) is 33.9. The third-order valence-corrected chi connectivity index (χ3v) is 4.74. The van der Waals surface area contributed by atoms with E-state index >= 15 is 0 Å². The fourth-order valence-corrected chi connectivity index (χ4v) is 3.59. The molecule has 0 radical (unpaired) electrons. The van der Waals surface area contributed by atoms with Crippen LogP contribution in [0.4, 0.5) is 0 Å². The predicted molar refractivity (Wildman–Crippen MR) is 68.7 cm³/mol. The first-order chi connectivity index (χ1) is 8.81. The van der Waals surface area contributed by atoms with Gasteiger partial charge in [-0.15, -0.1) is 0 Å². The summed E-state index contributed by atoms with van der Waals surface area (Å²) in [4.78, 5) is 0. The molecule has 1 aliphatic heterocycles. The summed E-state index contributed by atoms with van der Waals surface area (Å²) >= 11 is 0. The Kier molecular flexibility index (Phi) is 2.31. The molecule has 2 fully saturated rings. The molecule has 0 spiro atoms. The first-order valence-corrected chi connectivity index (χ1v) is 6.96. The number of benzene rings is 1. The summed E-state index contributed by atoms with van der Waals surface area (Å²) in [5, 5.41) is 0. The highest BCUT2D eigenvalue weighted by Gasteiger charge is 2.47. The Morgan fingerprint density at radius 3 is 2.50 bits per heavy atom. The second-order valence-corrected chi connectivity index (χ2v) is 5.92. The van der Waals surface area contributed by atoms with Crippen LogP contribution in [0.2, 0.25) is 0 Å². The smallest absolute Gasteiger partial charge is 0.161 e. The Balaban J connectivity index is 1.56. The second kappa shape index (κ2) is 3.89. The van der Waals surface area contributed by atoms with E-state index < -0.39 is 0 Å². The summed E-state index contributed by atoms with van der Waals surface area (Å²) in [6.45, 7) is 1.28. The van der Waals surface area contributed by atoms with Crippen molar-refractivity contribution in [3.63, 3.8) is 0 Å². The van der Waals surface area contributed by atoms with E-state index in [9.17, 15) is 0 Å².